The van der Waals surface area contributed by atoms with Gasteiger partial charge in [-0.3, -0.25) is 4.57 Å². The van der Waals surface area contributed by atoms with Gasteiger partial charge in [-0.05, 0) is 33.3 Å². The molecule has 4 nitrogen and oxygen atoms in total. The highest BCUT2D eigenvalue weighted by atomic mass is 31.2. The van der Waals surface area contributed by atoms with Crippen LogP contribution in [0.25, 0.3) is 0 Å². The molecule has 5 heteroatoms. The number of rotatable bonds is 8. The molecule has 0 aromatic rings. The van der Waals surface area contributed by atoms with E-state index in [4.69, 9.17) is 13.8 Å². The lowest BCUT2D eigenvalue weighted by molar-refractivity contribution is 0.182. The van der Waals surface area contributed by atoms with Crippen LogP contribution in [0.4, 0.5) is 0 Å². The van der Waals surface area contributed by atoms with Gasteiger partial charge in [-0.15, -0.1) is 0 Å². The Morgan fingerprint density at radius 2 is 1.60 bits per heavy atom. The Labute approximate surface area is 92.1 Å². The first-order valence-electron chi connectivity index (χ1n) is 5.37. The van der Waals surface area contributed by atoms with Crippen LogP contribution in [0, 0.1) is 0 Å². The number of ether oxygens (including phenoxy) is 1. The van der Waals surface area contributed by atoms with Crippen molar-refractivity contribution >= 4 is 7.60 Å². The molecule has 0 amide bonds. The Morgan fingerprint density at radius 3 is 1.93 bits per heavy atom. The molecule has 15 heavy (non-hydrogen) atoms. The van der Waals surface area contributed by atoms with E-state index in [2.05, 4.69) is 0 Å². The van der Waals surface area contributed by atoms with Crippen molar-refractivity contribution < 1.29 is 18.3 Å². The summed E-state index contributed by atoms with van der Waals surface area (Å²) in [5.74, 6) is 0. The van der Waals surface area contributed by atoms with Crippen molar-refractivity contribution in [3.8, 4) is 0 Å². The van der Waals surface area contributed by atoms with E-state index in [9.17, 15) is 4.57 Å². The minimum atomic E-state index is -3.22. The van der Waals surface area contributed by atoms with E-state index in [1.807, 2.05) is 13.8 Å². The van der Waals surface area contributed by atoms with E-state index in [-0.39, 0.29) is 0 Å². The van der Waals surface area contributed by atoms with Crippen molar-refractivity contribution in [3.63, 3.8) is 0 Å². The van der Waals surface area contributed by atoms with Crippen LogP contribution in [0.3, 0.4) is 0 Å². The fourth-order valence-corrected chi connectivity index (χ4v) is 2.78. The van der Waals surface area contributed by atoms with Gasteiger partial charge in [-0.1, -0.05) is 6.92 Å². The molecule has 0 aliphatic rings. The van der Waals surface area contributed by atoms with E-state index < -0.39 is 7.60 Å². The summed E-state index contributed by atoms with van der Waals surface area (Å²) in [5.41, 5.74) is 0.330. The first kappa shape index (κ1) is 14.7. The summed E-state index contributed by atoms with van der Waals surface area (Å²) in [6, 6.07) is 0. The average Bonchev–Trinajstić information content (AvgIpc) is 2.18. The number of hydrogen-bond acceptors (Lipinski definition) is 4. The summed E-state index contributed by atoms with van der Waals surface area (Å²) in [4.78, 5) is 0. The highest BCUT2D eigenvalue weighted by Crippen LogP contribution is 2.56. The van der Waals surface area contributed by atoms with Gasteiger partial charge in [-0.25, -0.2) is 0 Å². The minimum absolute atomic E-state index is 0.330. The van der Waals surface area contributed by atoms with Crippen molar-refractivity contribution in [2.45, 2.75) is 34.1 Å². The molecular weight excluding hydrogens is 215 g/mol. The van der Waals surface area contributed by atoms with Gasteiger partial charge in [0.05, 0.1) is 19.8 Å². The third-order valence-electron chi connectivity index (χ3n) is 1.54. The molecule has 0 bridgehead atoms. The van der Waals surface area contributed by atoms with Crippen LogP contribution in [0.15, 0.2) is 11.6 Å². The number of hydrogen-bond donors (Lipinski definition) is 0. The smallest absolute Gasteiger partial charge is 0.395 e. The predicted molar refractivity (Wildman–Crippen MR) is 60.9 cm³/mol. The lowest BCUT2D eigenvalue weighted by Gasteiger charge is -2.19. The molecule has 0 saturated heterocycles. The van der Waals surface area contributed by atoms with Crippen molar-refractivity contribution in [2.24, 2.45) is 0 Å². The molecule has 0 aromatic heterocycles. The van der Waals surface area contributed by atoms with Crippen molar-refractivity contribution in [1.82, 2.24) is 0 Å². The summed E-state index contributed by atoms with van der Waals surface area (Å²) in [5, 5.41) is 0. The molecular formula is C10H21O4P. The van der Waals surface area contributed by atoms with Gasteiger partial charge in [0.15, 0.2) is 0 Å². The van der Waals surface area contributed by atoms with Crippen molar-refractivity contribution in [3.05, 3.63) is 11.6 Å². The molecule has 90 valence electrons. The molecule has 0 spiro atoms. The van der Waals surface area contributed by atoms with Gasteiger partial charge in [0.1, 0.15) is 0 Å². The van der Waals surface area contributed by atoms with Crippen molar-refractivity contribution in [1.29, 1.82) is 0 Å². The quantitative estimate of drug-likeness (QED) is 0.477. The highest BCUT2D eigenvalue weighted by molar-refractivity contribution is 7.58. The zero-order valence-electron chi connectivity index (χ0n) is 9.99. The normalized spacial score (nSPS) is 12.9. The van der Waals surface area contributed by atoms with Crippen LogP contribution in [-0.2, 0) is 18.3 Å². The first-order chi connectivity index (χ1) is 7.14. The molecule has 0 fully saturated rings. The van der Waals surface area contributed by atoms with E-state index in [0.717, 1.165) is 6.42 Å². The van der Waals surface area contributed by atoms with Gasteiger partial charge in [-0.2, -0.15) is 0 Å². The Morgan fingerprint density at radius 1 is 1.07 bits per heavy atom. The van der Waals surface area contributed by atoms with Gasteiger partial charge >= 0.3 is 7.60 Å². The molecule has 0 N–H and O–H groups in total. The van der Waals surface area contributed by atoms with Crippen LogP contribution in [0.5, 0.6) is 0 Å². The lowest BCUT2D eigenvalue weighted by atomic mass is 10.5. The Balaban J connectivity index is 4.82. The predicted octanol–water partition coefficient (Wildman–Crippen LogP) is 3.54. The second-order valence-corrected chi connectivity index (χ2v) is 4.67. The topological polar surface area (TPSA) is 44.8 Å². The Bertz CT molecular complexity index is 228. The summed E-state index contributed by atoms with van der Waals surface area (Å²) in [7, 11) is -3.22. The largest absolute Gasteiger partial charge is 0.486 e. The fraction of sp³-hybridized carbons (Fsp3) is 0.800. The lowest BCUT2D eigenvalue weighted by Crippen LogP contribution is -2.02. The SMILES string of the molecule is CCC=C(OCC)P(=O)(OCC)OCC. The summed E-state index contributed by atoms with van der Waals surface area (Å²) < 4.78 is 27.9. The second kappa shape index (κ2) is 7.91. The van der Waals surface area contributed by atoms with Gasteiger partial charge < -0.3 is 13.8 Å². The molecule has 0 heterocycles. The molecule has 0 aliphatic heterocycles. The third kappa shape index (κ3) is 4.83. The maximum absolute atomic E-state index is 12.3. The number of allylic oxidation sites excluding steroid dienone is 1. The molecule has 0 rings (SSSR count). The molecule has 0 aromatic carbocycles. The second-order valence-electron chi connectivity index (χ2n) is 2.72. The van der Waals surface area contributed by atoms with Crippen molar-refractivity contribution in [2.75, 3.05) is 19.8 Å². The van der Waals surface area contributed by atoms with E-state index in [0.29, 0.717) is 25.3 Å². The Kier molecular flexibility index (Phi) is 7.75. The molecule has 0 unspecified atom stereocenters. The third-order valence-corrected chi connectivity index (χ3v) is 3.59. The minimum Gasteiger partial charge on any atom is -0.486 e. The van der Waals surface area contributed by atoms with E-state index in [1.165, 1.54) is 0 Å². The summed E-state index contributed by atoms with van der Waals surface area (Å²) >= 11 is 0. The van der Waals surface area contributed by atoms with Crippen LogP contribution in [0.2, 0.25) is 0 Å². The zero-order valence-corrected chi connectivity index (χ0v) is 10.9. The van der Waals surface area contributed by atoms with E-state index >= 15 is 0 Å². The summed E-state index contributed by atoms with van der Waals surface area (Å²) in [6.45, 7) is 8.47. The van der Waals surface area contributed by atoms with E-state index in [1.54, 1.807) is 19.9 Å². The van der Waals surface area contributed by atoms with Crippen LogP contribution < -0.4 is 0 Å². The molecule has 0 saturated carbocycles. The van der Waals surface area contributed by atoms with Crippen LogP contribution in [-0.4, -0.2) is 19.8 Å². The van der Waals surface area contributed by atoms with Gasteiger partial charge in [0.25, 0.3) is 0 Å². The Hall–Kier alpha value is -0.310. The molecule has 0 atom stereocenters. The molecule has 0 radical (unpaired) electrons. The average molecular weight is 236 g/mol. The van der Waals surface area contributed by atoms with Crippen LogP contribution >= 0.6 is 7.60 Å². The van der Waals surface area contributed by atoms with Gasteiger partial charge in [0.2, 0.25) is 5.50 Å². The monoisotopic (exact) mass is 236 g/mol. The standard InChI is InChI=1S/C10H21O4P/c1-5-9-10(12-6-2)15(11,13-7-3)14-8-4/h9H,5-8H2,1-4H3. The highest BCUT2D eigenvalue weighted by Gasteiger charge is 2.30. The zero-order chi connectivity index (χ0) is 11.7. The fourth-order valence-electron chi connectivity index (χ4n) is 1.08. The first-order valence-corrected chi connectivity index (χ1v) is 6.91. The van der Waals surface area contributed by atoms with Crippen LogP contribution in [0.1, 0.15) is 34.1 Å². The summed E-state index contributed by atoms with van der Waals surface area (Å²) in [6.07, 6.45) is 2.48. The maximum Gasteiger partial charge on any atom is 0.395 e. The maximum atomic E-state index is 12.3. The van der Waals surface area contributed by atoms with Gasteiger partial charge in [0, 0.05) is 0 Å². The molecule has 0 aliphatic carbocycles.